The molecule has 12 aromatic carbocycles. The largest absolute Gasteiger partial charge is 0.497 e. The Morgan fingerprint density at radius 1 is 0.301 bits per heavy atom. The van der Waals surface area contributed by atoms with Crippen LogP contribution in [0, 0.1) is 6.92 Å². The van der Waals surface area contributed by atoms with Gasteiger partial charge in [0, 0.05) is 69.0 Å². The lowest BCUT2D eigenvalue weighted by atomic mass is 10.0. The van der Waals surface area contributed by atoms with Gasteiger partial charge in [0.15, 0.2) is 0 Å². The second-order valence-corrected chi connectivity index (χ2v) is 32.9. The molecule has 3 amide bonds. The van der Waals surface area contributed by atoms with Crippen LogP contribution in [0.15, 0.2) is 312 Å². The summed E-state index contributed by atoms with van der Waals surface area (Å²) in [6, 6.07) is 75.1. The molecule has 0 bridgehead atoms. The van der Waals surface area contributed by atoms with E-state index in [1.165, 1.54) is 130 Å². The number of carbonyl (C=O) groups is 3. The minimum absolute atomic E-state index is 0.00975. The van der Waals surface area contributed by atoms with Crippen molar-refractivity contribution in [2.24, 2.45) is 0 Å². The summed E-state index contributed by atoms with van der Waals surface area (Å²) in [7, 11) is -6.87. The number of ether oxygens (including phenoxy) is 4. The maximum absolute atomic E-state index is 13.9. The van der Waals surface area contributed by atoms with Crippen LogP contribution in [0.4, 0.5) is 39.5 Å². The molecule has 0 atom stereocenters. The van der Waals surface area contributed by atoms with Crippen molar-refractivity contribution in [1.29, 1.82) is 0 Å². The second kappa shape index (κ2) is 35.8. The number of sulfonamides is 3. The zero-order chi connectivity index (χ0) is 87.9. The van der Waals surface area contributed by atoms with E-state index < -0.39 is 83.0 Å². The Balaban J connectivity index is 0.000000159. The molecule has 0 fully saturated rings. The zero-order valence-corrected chi connectivity index (χ0v) is 68.1. The van der Waals surface area contributed by atoms with Gasteiger partial charge in [-0.15, -0.1) is 0 Å². The Kier molecular flexibility index (Phi) is 25.3. The van der Waals surface area contributed by atoms with E-state index in [-0.39, 0.29) is 68.1 Å². The summed E-state index contributed by atoms with van der Waals surface area (Å²) < 4.78 is 232. The van der Waals surface area contributed by atoms with Gasteiger partial charge in [-0.2, -0.15) is 39.5 Å². The van der Waals surface area contributed by atoms with Gasteiger partial charge in [0.05, 0.1) is 59.8 Å². The predicted molar refractivity (Wildman–Crippen MR) is 448 cm³/mol. The van der Waals surface area contributed by atoms with E-state index in [1.807, 2.05) is 6.92 Å². The lowest BCUT2D eigenvalue weighted by Gasteiger charge is -2.15. The van der Waals surface area contributed by atoms with Gasteiger partial charge in [0.2, 0.25) is 0 Å². The van der Waals surface area contributed by atoms with Crippen LogP contribution in [-0.4, -0.2) is 85.1 Å². The van der Waals surface area contributed by atoms with Crippen molar-refractivity contribution < 1.29 is 98.1 Å². The number of aryl methyl sites for hydroxylation is 1. The maximum atomic E-state index is 13.9. The lowest BCUT2D eigenvalue weighted by molar-refractivity contribution is -0.138. The number of nitrogens with one attached hydrogen (secondary N) is 3. The molecule has 3 N–H and O–H groups in total. The third-order valence-corrected chi connectivity index (χ3v) is 24.0. The van der Waals surface area contributed by atoms with Gasteiger partial charge >= 0.3 is 18.5 Å². The number of amides is 3. The number of halogens is 9. The summed E-state index contributed by atoms with van der Waals surface area (Å²) in [5.41, 5.74) is 3.88. The number of alkyl halides is 9. The summed E-state index contributed by atoms with van der Waals surface area (Å²) in [4.78, 5) is 41.3. The molecule has 0 aliphatic carbocycles. The summed E-state index contributed by atoms with van der Waals surface area (Å²) in [5, 5.41) is 1.87. The Bertz CT molecular complexity index is 6800. The Labute approximate surface area is 700 Å². The standard InChI is InChI=1S/C31H25F3N2O5S.C31H25F3N2O4S.C30H23F3N2O4S/c1-40-23-12-10-21(11-13-23)28-26-8-3-4-9-27(26)36(19-20-6-5-7-22(18-20)31(32,33)34)29(28)30(37)35-42(38,39)25-16-14-24(41-2)15-17-25;1-20-10-16-25(17-11-20)41(38,39)35-30(37)29-28(22-12-14-24(40-2)15-13-22)26-8-3-4-9-27(26)36(29)19-21-6-5-7-23(18-21)31(32,33)34;1-39-23-16-14-21(15-17-23)27-25-12-5-6-13-26(25)35(19-20-8-7-9-22(18-20)30(31,32)33)28(27)29(36)34-40(37,38)24-10-3-2-4-11-24/h3-18H,19H2,1-2H3,(H,35,37);3-18H,19H2,1-2H3,(H,35,37);2-18H,19H2,1H3,(H,34,36). The monoisotopic (exact) mass is 1740 g/mol. The second-order valence-electron chi connectivity index (χ2n) is 27.9. The molecular weight excluding hydrogens is 1660 g/mol. The SMILES string of the molecule is COc1ccc(-c2c(C(=O)NS(=O)(=O)c3ccc(C)cc3)n(Cc3cccc(C(F)(F)F)c3)c3ccccc23)cc1.COc1ccc(-c2c(C(=O)NS(=O)(=O)c3ccc(OC)cc3)n(Cc3cccc(C(F)(F)F)c3)c3ccccc23)cc1.COc1ccc(-c2c(C(=O)NS(=O)(=O)c3ccccc3)n(Cc3cccc(C(F)(F)F)c3)c3ccccc23)cc1. The summed E-state index contributed by atoms with van der Waals surface area (Å²) in [6.07, 6.45) is -13.7. The van der Waals surface area contributed by atoms with Crippen molar-refractivity contribution >= 4 is 80.5 Å². The van der Waals surface area contributed by atoms with Gasteiger partial charge in [0.1, 0.15) is 40.1 Å². The Hall–Kier alpha value is -13.9. The number of para-hydroxylation sites is 3. The highest BCUT2D eigenvalue weighted by molar-refractivity contribution is 7.90. The zero-order valence-electron chi connectivity index (χ0n) is 65.7. The molecule has 3 heterocycles. The number of benzene rings is 12. The molecule has 0 radical (unpaired) electrons. The average Bonchev–Trinajstić information content (AvgIpc) is 1.60. The van der Waals surface area contributed by atoms with E-state index in [0.29, 0.717) is 89.1 Å². The van der Waals surface area contributed by atoms with Crippen molar-refractivity contribution in [2.75, 3.05) is 28.4 Å². The number of nitrogens with zero attached hydrogens (tertiary/aromatic N) is 3. The number of hydrogen-bond acceptors (Lipinski definition) is 13. The number of methoxy groups -OCH3 is 4. The van der Waals surface area contributed by atoms with E-state index in [1.54, 1.807) is 173 Å². The quantitative estimate of drug-likeness (QED) is 0.0536. The lowest BCUT2D eigenvalue weighted by Crippen LogP contribution is -2.32. The molecule has 630 valence electrons. The number of carbonyl (C=O) groups excluding carboxylic acids is 3. The van der Waals surface area contributed by atoms with Crippen LogP contribution in [0.3, 0.4) is 0 Å². The van der Waals surface area contributed by atoms with Crippen molar-refractivity contribution in [3.63, 3.8) is 0 Å². The van der Waals surface area contributed by atoms with Crippen LogP contribution in [0.5, 0.6) is 23.0 Å². The van der Waals surface area contributed by atoms with Gasteiger partial charge < -0.3 is 32.6 Å². The van der Waals surface area contributed by atoms with Gasteiger partial charge in [-0.25, -0.2) is 39.4 Å². The molecule has 0 aliphatic heterocycles. The van der Waals surface area contributed by atoms with Crippen molar-refractivity contribution in [3.05, 3.63) is 353 Å². The van der Waals surface area contributed by atoms with E-state index in [4.69, 9.17) is 18.9 Å². The Morgan fingerprint density at radius 3 is 0.813 bits per heavy atom. The fourth-order valence-corrected chi connectivity index (χ4v) is 17.0. The third-order valence-electron chi connectivity index (χ3n) is 19.9. The first-order valence-corrected chi connectivity index (χ1v) is 41.8. The minimum atomic E-state index is -4.56. The molecule has 19 nitrogen and oxygen atoms in total. The molecule has 0 saturated heterocycles. The van der Waals surface area contributed by atoms with E-state index in [0.717, 1.165) is 42.0 Å². The molecule has 3 aromatic heterocycles. The van der Waals surface area contributed by atoms with Gasteiger partial charge in [-0.1, -0.05) is 163 Å². The number of rotatable bonds is 22. The fourth-order valence-electron chi connectivity index (χ4n) is 14.1. The average molecular weight is 1740 g/mol. The predicted octanol–water partition coefficient (Wildman–Crippen LogP) is 19.8. The van der Waals surface area contributed by atoms with E-state index in [9.17, 15) is 79.2 Å². The molecular formula is C92H73F9N6O13S3. The summed E-state index contributed by atoms with van der Waals surface area (Å²) >= 11 is 0. The third kappa shape index (κ3) is 19.5. The molecule has 0 unspecified atom stereocenters. The molecule has 15 rings (SSSR count). The maximum Gasteiger partial charge on any atom is 0.416 e. The summed E-state index contributed by atoms with van der Waals surface area (Å²) in [5.74, 6) is -0.622. The highest BCUT2D eigenvalue weighted by Crippen LogP contribution is 2.43. The number of fused-ring (bicyclic) bond motifs is 3. The van der Waals surface area contributed by atoms with Crippen molar-refractivity contribution in [3.8, 4) is 56.4 Å². The first kappa shape index (κ1) is 86.9. The van der Waals surface area contributed by atoms with Gasteiger partial charge in [-0.05, 0) is 180 Å². The van der Waals surface area contributed by atoms with Gasteiger partial charge in [-0.3, -0.25) is 14.4 Å². The smallest absolute Gasteiger partial charge is 0.416 e. The summed E-state index contributed by atoms with van der Waals surface area (Å²) in [6.45, 7) is 1.44. The number of hydrogen-bond donors (Lipinski definition) is 3. The van der Waals surface area contributed by atoms with Crippen LogP contribution in [0.25, 0.3) is 66.1 Å². The van der Waals surface area contributed by atoms with Crippen LogP contribution >= 0.6 is 0 Å². The Morgan fingerprint density at radius 2 is 0.545 bits per heavy atom. The molecule has 0 saturated carbocycles. The molecule has 0 spiro atoms. The first-order valence-electron chi connectivity index (χ1n) is 37.3. The van der Waals surface area contributed by atoms with E-state index >= 15 is 0 Å². The first-order chi connectivity index (χ1) is 58.6. The van der Waals surface area contributed by atoms with Crippen LogP contribution in [0.2, 0.25) is 0 Å². The minimum Gasteiger partial charge on any atom is -0.497 e. The normalized spacial score (nSPS) is 11.9. The molecule has 15 aromatic rings. The molecule has 123 heavy (non-hydrogen) atoms. The molecule has 0 aliphatic rings. The highest BCUT2D eigenvalue weighted by atomic mass is 32.2. The fraction of sp³-hybridized carbons (Fsp3) is 0.120. The van der Waals surface area contributed by atoms with Crippen LogP contribution < -0.4 is 33.1 Å². The van der Waals surface area contributed by atoms with Crippen LogP contribution in [-0.2, 0) is 68.2 Å². The molecule has 31 heteroatoms. The number of aromatic nitrogens is 3. The van der Waals surface area contributed by atoms with Gasteiger partial charge in [0.25, 0.3) is 47.8 Å². The van der Waals surface area contributed by atoms with Crippen LogP contribution in [0.1, 0.15) is 70.4 Å². The van der Waals surface area contributed by atoms with Crippen molar-refractivity contribution in [2.45, 2.75) is 59.8 Å². The highest BCUT2D eigenvalue weighted by Gasteiger charge is 2.36. The topological polar surface area (TPSA) is 241 Å². The van der Waals surface area contributed by atoms with E-state index in [2.05, 4.69) is 14.2 Å². The van der Waals surface area contributed by atoms with Crippen molar-refractivity contribution in [1.82, 2.24) is 27.9 Å².